The molecule has 0 radical (unpaired) electrons. The first-order valence-electron chi connectivity index (χ1n) is 7.85. The number of methoxy groups -OCH3 is 1. The first-order valence-corrected chi connectivity index (χ1v) is 8.29. The molecule has 23 heavy (non-hydrogen) atoms. The average Bonchev–Trinajstić information content (AvgIpc) is 2.58. The third kappa shape index (κ3) is 3.67. The van der Waals surface area contributed by atoms with Crippen molar-refractivity contribution in [3.8, 4) is 5.75 Å². The quantitative estimate of drug-likeness (QED) is 0.850. The maximum Gasteiger partial charge on any atom is 0.158 e. The molecule has 0 amide bonds. The van der Waals surface area contributed by atoms with Gasteiger partial charge in [0, 0.05) is 17.8 Å². The van der Waals surface area contributed by atoms with E-state index in [2.05, 4.69) is 5.32 Å². The third-order valence-electron chi connectivity index (χ3n) is 4.27. The molecule has 120 valence electrons. The van der Waals surface area contributed by atoms with Crippen LogP contribution in [0.1, 0.15) is 24.8 Å². The molecule has 1 heterocycles. The first kappa shape index (κ1) is 15.9. The summed E-state index contributed by atoms with van der Waals surface area (Å²) in [4.78, 5) is 12.3. The number of rotatable bonds is 3. The number of benzene rings is 1. The van der Waals surface area contributed by atoms with E-state index in [0.717, 1.165) is 41.8 Å². The van der Waals surface area contributed by atoms with Crippen molar-refractivity contribution in [3.05, 3.63) is 59.5 Å². The van der Waals surface area contributed by atoms with Crippen LogP contribution in [0, 0.1) is 5.92 Å². The third-order valence-corrected chi connectivity index (χ3v) is 4.70. The van der Waals surface area contributed by atoms with E-state index in [-0.39, 0.29) is 17.1 Å². The van der Waals surface area contributed by atoms with Crippen LogP contribution in [-0.4, -0.2) is 18.3 Å². The molecule has 1 aliphatic heterocycles. The van der Waals surface area contributed by atoms with Crippen molar-refractivity contribution in [2.24, 2.45) is 5.92 Å². The predicted molar refractivity (Wildman–Crippen MR) is 93.3 cm³/mol. The Morgan fingerprint density at radius 1 is 1.35 bits per heavy atom. The van der Waals surface area contributed by atoms with Gasteiger partial charge in [0.15, 0.2) is 5.78 Å². The minimum Gasteiger partial charge on any atom is -0.497 e. The molecule has 4 heteroatoms. The Morgan fingerprint density at radius 2 is 2.22 bits per heavy atom. The Kier molecular flexibility index (Phi) is 4.87. The molecule has 1 aromatic rings. The van der Waals surface area contributed by atoms with Crippen LogP contribution in [0.2, 0.25) is 0 Å². The topological polar surface area (TPSA) is 38.3 Å². The van der Waals surface area contributed by atoms with Gasteiger partial charge in [-0.2, -0.15) is 0 Å². The van der Waals surface area contributed by atoms with Crippen LogP contribution in [0.25, 0.3) is 6.08 Å². The number of carbonyl (C=O) groups excluding carboxylic acids is 1. The van der Waals surface area contributed by atoms with Gasteiger partial charge < -0.3 is 10.1 Å². The molecule has 2 atom stereocenters. The maximum atomic E-state index is 12.3. The SMILES string of the molecule is COc1cccc(C=C2C=C(C3CCCC(Cl)C3=O)C=CN2)c1. The van der Waals surface area contributed by atoms with Gasteiger partial charge in [0.25, 0.3) is 0 Å². The highest BCUT2D eigenvalue weighted by Gasteiger charge is 2.31. The number of ketones is 1. The zero-order valence-electron chi connectivity index (χ0n) is 13.1. The number of Topliss-reactive ketones (excluding diaryl/α,β-unsaturated/α-hetero) is 1. The molecule has 1 aromatic carbocycles. The van der Waals surface area contributed by atoms with E-state index in [9.17, 15) is 4.79 Å². The summed E-state index contributed by atoms with van der Waals surface area (Å²) in [7, 11) is 1.66. The van der Waals surface area contributed by atoms with Crippen LogP contribution in [-0.2, 0) is 4.79 Å². The molecule has 3 rings (SSSR count). The molecular weight excluding hydrogens is 310 g/mol. The molecule has 1 N–H and O–H groups in total. The van der Waals surface area contributed by atoms with Crippen LogP contribution in [0.5, 0.6) is 5.75 Å². The van der Waals surface area contributed by atoms with Gasteiger partial charge in [0.05, 0.1) is 12.5 Å². The van der Waals surface area contributed by atoms with Crippen molar-refractivity contribution >= 4 is 23.5 Å². The number of allylic oxidation sites excluding steroid dienone is 3. The smallest absolute Gasteiger partial charge is 0.158 e. The van der Waals surface area contributed by atoms with Crippen molar-refractivity contribution in [2.75, 3.05) is 7.11 Å². The zero-order chi connectivity index (χ0) is 16.2. The second kappa shape index (κ2) is 7.05. The molecular formula is C19H20ClNO2. The van der Waals surface area contributed by atoms with E-state index >= 15 is 0 Å². The van der Waals surface area contributed by atoms with E-state index in [1.165, 1.54) is 0 Å². The summed E-state index contributed by atoms with van der Waals surface area (Å²) in [5, 5.41) is 2.88. The van der Waals surface area contributed by atoms with Gasteiger partial charge in [-0.25, -0.2) is 0 Å². The highest BCUT2D eigenvalue weighted by molar-refractivity contribution is 6.31. The largest absolute Gasteiger partial charge is 0.497 e. The van der Waals surface area contributed by atoms with Crippen molar-refractivity contribution < 1.29 is 9.53 Å². The molecule has 0 spiro atoms. The van der Waals surface area contributed by atoms with E-state index in [1.54, 1.807) is 7.11 Å². The Bertz CT molecular complexity index is 690. The van der Waals surface area contributed by atoms with E-state index in [1.807, 2.05) is 48.7 Å². The van der Waals surface area contributed by atoms with Crippen molar-refractivity contribution in [1.82, 2.24) is 5.32 Å². The molecule has 2 aliphatic rings. The predicted octanol–water partition coefficient (Wildman–Crippen LogP) is 4.06. The minimum atomic E-state index is -0.344. The summed E-state index contributed by atoms with van der Waals surface area (Å²) in [6.45, 7) is 0. The van der Waals surface area contributed by atoms with Crippen molar-refractivity contribution in [1.29, 1.82) is 0 Å². The Morgan fingerprint density at radius 3 is 3.04 bits per heavy atom. The highest BCUT2D eigenvalue weighted by Crippen LogP contribution is 2.32. The van der Waals surface area contributed by atoms with Crippen LogP contribution in [0.4, 0.5) is 0 Å². The molecule has 1 aliphatic carbocycles. The van der Waals surface area contributed by atoms with Gasteiger partial charge in [-0.15, -0.1) is 11.6 Å². The summed E-state index contributed by atoms with van der Waals surface area (Å²) in [5.74, 6) is 0.886. The fourth-order valence-electron chi connectivity index (χ4n) is 3.05. The highest BCUT2D eigenvalue weighted by atomic mass is 35.5. The number of ether oxygens (including phenoxy) is 1. The molecule has 1 fully saturated rings. The standard InChI is InChI=1S/C19H20ClNO2/c1-23-16-5-2-4-13(11-16)10-15-12-14(8-9-21-15)17-6-3-7-18(20)19(17)22/h2,4-5,8-12,17-18,21H,3,6-7H2,1H3. The minimum absolute atomic E-state index is 0.0849. The van der Waals surface area contributed by atoms with Gasteiger partial charge in [0.1, 0.15) is 5.75 Å². The number of halogens is 1. The Hall–Kier alpha value is -2.00. The van der Waals surface area contributed by atoms with Gasteiger partial charge in [-0.1, -0.05) is 18.6 Å². The number of nitrogens with one attached hydrogen (secondary N) is 1. The number of hydrogen-bond acceptors (Lipinski definition) is 3. The molecule has 2 unspecified atom stereocenters. The normalized spacial score (nSPS) is 25.9. The van der Waals surface area contributed by atoms with Gasteiger partial charge in [-0.3, -0.25) is 4.79 Å². The first-order chi connectivity index (χ1) is 11.2. The van der Waals surface area contributed by atoms with Crippen LogP contribution in [0.15, 0.2) is 53.9 Å². The molecule has 0 bridgehead atoms. The zero-order valence-corrected chi connectivity index (χ0v) is 13.8. The van der Waals surface area contributed by atoms with E-state index < -0.39 is 0 Å². The second-order valence-electron chi connectivity index (χ2n) is 5.85. The van der Waals surface area contributed by atoms with Crippen molar-refractivity contribution in [2.45, 2.75) is 24.6 Å². The number of hydrogen-bond donors (Lipinski definition) is 1. The molecule has 0 aromatic heterocycles. The monoisotopic (exact) mass is 329 g/mol. The summed E-state index contributed by atoms with van der Waals surface area (Å²) >= 11 is 6.14. The summed E-state index contributed by atoms with van der Waals surface area (Å²) in [5.41, 5.74) is 3.04. The molecule has 1 saturated carbocycles. The Balaban J connectivity index is 1.84. The van der Waals surface area contributed by atoms with E-state index in [0.29, 0.717) is 0 Å². The van der Waals surface area contributed by atoms with E-state index in [4.69, 9.17) is 16.3 Å². The lowest BCUT2D eigenvalue weighted by molar-refractivity contribution is -0.122. The van der Waals surface area contributed by atoms with Crippen LogP contribution < -0.4 is 10.1 Å². The summed E-state index contributed by atoms with van der Waals surface area (Å²) in [6, 6.07) is 7.86. The summed E-state index contributed by atoms with van der Waals surface area (Å²) in [6.07, 6.45) is 10.6. The average molecular weight is 330 g/mol. The van der Waals surface area contributed by atoms with Gasteiger partial charge in [-0.05, 0) is 54.3 Å². The fourth-order valence-corrected chi connectivity index (χ4v) is 3.36. The van der Waals surface area contributed by atoms with Crippen molar-refractivity contribution in [3.63, 3.8) is 0 Å². The lowest BCUT2D eigenvalue weighted by Crippen LogP contribution is -2.30. The number of carbonyl (C=O) groups is 1. The van der Waals surface area contributed by atoms with Gasteiger partial charge >= 0.3 is 0 Å². The molecule has 0 saturated heterocycles. The van der Waals surface area contributed by atoms with Gasteiger partial charge in [0.2, 0.25) is 0 Å². The fraction of sp³-hybridized carbons (Fsp3) is 0.316. The number of alkyl halides is 1. The lowest BCUT2D eigenvalue weighted by atomic mass is 9.81. The lowest BCUT2D eigenvalue weighted by Gasteiger charge is -2.26. The Labute approximate surface area is 141 Å². The maximum absolute atomic E-state index is 12.3. The summed E-state index contributed by atoms with van der Waals surface area (Å²) < 4.78 is 5.25. The second-order valence-corrected chi connectivity index (χ2v) is 6.38. The number of dihydropyridines is 1. The van der Waals surface area contributed by atoms with Crippen LogP contribution >= 0.6 is 11.6 Å². The van der Waals surface area contributed by atoms with Crippen LogP contribution in [0.3, 0.4) is 0 Å². The molecule has 3 nitrogen and oxygen atoms in total.